The van der Waals surface area contributed by atoms with E-state index in [0.29, 0.717) is 21.4 Å². The third kappa shape index (κ3) is 3.17. The summed E-state index contributed by atoms with van der Waals surface area (Å²) in [7, 11) is 0. The smallest absolute Gasteiger partial charge is 0.268 e. The molecule has 0 radical (unpaired) electrons. The minimum absolute atomic E-state index is 0.0251. The van der Waals surface area contributed by atoms with E-state index in [1.54, 1.807) is 12.1 Å². The fourth-order valence-corrected chi connectivity index (χ4v) is 2.96. The predicted octanol–water partition coefficient (Wildman–Crippen LogP) is 3.66. The number of nitrogens with zero attached hydrogens (tertiary/aromatic N) is 1. The zero-order chi connectivity index (χ0) is 16.4. The summed E-state index contributed by atoms with van der Waals surface area (Å²) >= 11 is 1.12. The number of aromatic hydroxyl groups is 1. The van der Waals surface area contributed by atoms with Crippen LogP contribution in [-0.2, 0) is 0 Å². The monoisotopic (exact) mass is 325 g/mol. The van der Waals surface area contributed by atoms with Crippen molar-refractivity contribution in [1.29, 1.82) is 0 Å². The van der Waals surface area contributed by atoms with Gasteiger partial charge in [0.1, 0.15) is 10.6 Å². The van der Waals surface area contributed by atoms with E-state index in [1.807, 2.05) is 43.3 Å². The topological polar surface area (TPSA) is 88.2 Å². The summed E-state index contributed by atoms with van der Waals surface area (Å²) in [5.41, 5.74) is 8.40. The average Bonchev–Trinajstić information content (AvgIpc) is 2.93. The molecule has 23 heavy (non-hydrogen) atoms. The van der Waals surface area contributed by atoms with E-state index < -0.39 is 0 Å². The molecule has 4 N–H and O–H groups in total. The number of carbonyl (C=O) groups excluding carboxylic acids is 1. The number of aromatic nitrogens is 1. The van der Waals surface area contributed by atoms with Crippen molar-refractivity contribution in [3.63, 3.8) is 0 Å². The van der Waals surface area contributed by atoms with Gasteiger partial charge in [0.2, 0.25) is 0 Å². The molecule has 0 saturated carbocycles. The molecule has 0 spiro atoms. The van der Waals surface area contributed by atoms with Gasteiger partial charge in [0, 0.05) is 5.56 Å². The van der Waals surface area contributed by atoms with Gasteiger partial charge in [-0.15, -0.1) is 0 Å². The van der Waals surface area contributed by atoms with E-state index in [1.165, 1.54) is 0 Å². The molecule has 1 amide bonds. The second kappa shape index (κ2) is 6.10. The molecular formula is C17H15N3O2S. The Morgan fingerprint density at radius 1 is 1.22 bits per heavy atom. The minimum Gasteiger partial charge on any atom is -0.506 e. The van der Waals surface area contributed by atoms with Crippen LogP contribution in [0.1, 0.15) is 15.2 Å². The lowest BCUT2D eigenvalue weighted by molar-refractivity contribution is 0.103. The molecule has 0 aliphatic carbocycles. The second-order valence-corrected chi connectivity index (χ2v) is 6.10. The minimum atomic E-state index is -0.350. The molecule has 5 nitrogen and oxygen atoms in total. The number of hydrogen-bond donors (Lipinski definition) is 3. The molecule has 116 valence electrons. The fraction of sp³-hybridized carbons (Fsp3) is 0.0588. The lowest BCUT2D eigenvalue weighted by atomic mass is 10.1. The Morgan fingerprint density at radius 2 is 1.96 bits per heavy atom. The maximum atomic E-state index is 12.6. The molecule has 0 aliphatic rings. The number of aryl methyl sites for hydroxylation is 1. The van der Waals surface area contributed by atoms with Crippen LogP contribution in [0.25, 0.3) is 11.3 Å². The lowest BCUT2D eigenvalue weighted by Gasteiger charge is -2.08. The summed E-state index contributed by atoms with van der Waals surface area (Å²) in [6.07, 6.45) is 0. The molecule has 1 heterocycles. The number of nitrogens with one attached hydrogen (secondary N) is 1. The number of nitrogens with two attached hydrogens (primary N) is 1. The van der Waals surface area contributed by atoms with E-state index in [9.17, 15) is 9.90 Å². The normalized spacial score (nSPS) is 10.5. The summed E-state index contributed by atoms with van der Waals surface area (Å²) in [6, 6.07) is 14.4. The zero-order valence-electron chi connectivity index (χ0n) is 12.4. The third-order valence-electron chi connectivity index (χ3n) is 3.30. The number of nitrogen functional groups attached to an aromatic ring is 1. The van der Waals surface area contributed by atoms with Gasteiger partial charge in [0.05, 0.1) is 11.4 Å². The first-order chi connectivity index (χ1) is 11.0. The largest absolute Gasteiger partial charge is 0.506 e. The number of carbonyl (C=O) groups is 1. The lowest BCUT2D eigenvalue weighted by Crippen LogP contribution is -2.11. The highest BCUT2D eigenvalue weighted by atomic mass is 32.1. The van der Waals surface area contributed by atoms with Gasteiger partial charge in [-0.05, 0) is 24.6 Å². The molecule has 0 unspecified atom stereocenters. The molecule has 3 aromatic rings. The van der Waals surface area contributed by atoms with Gasteiger partial charge in [0.25, 0.3) is 5.91 Å². The van der Waals surface area contributed by atoms with Gasteiger partial charge < -0.3 is 16.2 Å². The number of phenolic OH excluding ortho intramolecular Hbond substituents is 1. The van der Waals surface area contributed by atoms with Crippen LogP contribution in [0, 0.1) is 6.92 Å². The molecule has 0 fully saturated rings. The SMILES string of the molecule is Cc1ccc(NC(=O)c2sc(N)nc2-c2ccccc2)c(O)c1. The van der Waals surface area contributed by atoms with Crippen molar-refractivity contribution >= 4 is 28.1 Å². The van der Waals surface area contributed by atoms with Crippen molar-refractivity contribution in [3.8, 4) is 17.0 Å². The van der Waals surface area contributed by atoms with Crippen LogP contribution < -0.4 is 11.1 Å². The summed E-state index contributed by atoms with van der Waals surface area (Å²) in [6.45, 7) is 1.86. The number of hydrogen-bond acceptors (Lipinski definition) is 5. The van der Waals surface area contributed by atoms with Crippen molar-refractivity contribution in [3.05, 3.63) is 59.0 Å². The molecule has 6 heteroatoms. The fourth-order valence-electron chi connectivity index (χ4n) is 2.21. The summed E-state index contributed by atoms with van der Waals surface area (Å²) in [4.78, 5) is 17.2. The molecule has 0 aliphatic heterocycles. The quantitative estimate of drug-likeness (QED) is 0.641. The summed E-state index contributed by atoms with van der Waals surface area (Å²) < 4.78 is 0. The van der Waals surface area contributed by atoms with Gasteiger partial charge in [-0.3, -0.25) is 4.79 Å². The van der Waals surface area contributed by atoms with Gasteiger partial charge in [0.15, 0.2) is 5.13 Å². The Kier molecular flexibility index (Phi) is 3.99. The first-order valence-corrected chi connectivity index (χ1v) is 7.79. The van der Waals surface area contributed by atoms with Crippen molar-refractivity contribution < 1.29 is 9.90 Å². The van der Waals surface area contributed by atoms with E-state index in [-0.39, 0.29) is 11.7 Å². The highest BCUT2D eigenvalue weighted by Gasteiger charge is 2.19. The molecular weight excluding hydrogens is 310 g/mol. The van der Waals surface area contributed by atoms with Crippen molar-refractivity contribution in [2.75, 3.05) is 11.1 Å². The van der Waals surface area contributed by atoms with Crippen molar-refractivity contribution in [1.82, 2.24) is 4.98 Å². The van der Waals surface area contributed by atoms with Gasteiger partial charge >= 0.3 is 0 Å². The third-order valence-corrected chi connectivity index (χ3v) is 4.18. The Bertz CT molecular complexity index is 860. The number of amides is 1. The maximum Gasteiger partial charge on any atom is 0.268 e. The maximum absolute atomic E-state index is 12.6. The van der Waals surface area contributed by atoms with Crippen molar-refractivity contribution in [2.45, 2.75) is 6.92 Å². The van der Waals surface area contributed by atoms with E-state index >= 15 is 0 Å². The van der Waals surface area contributed by atoms with Gasteiger partial charge in [-0.2, -0.15) is 0 Å². The number of anilines is 2. The van der Waals surface area contributed by atoms with Crippen LogP contribution in [-0.4, -0.2) is 16.0 Å². The highest BCUT2D eigenvalue weighted by Crippen LogP contribution is 2.31. The molecule has 0 saturated heterocycles. The second-order valence-electron chi connectivity index (χ2n) is 5.07. The molecule has 1 aromatic heterocycles. The molecule has 3 rings (SSSR count). The highest BCUT2D eigenvalue weighted by molar-refractivity contribution is 7.17. The Hall–Kier alpha value is -2.86. The number of rotatable bonds is 3. The Balaban J connectivity index is 1.94. The van der Waals surface area contributed by atoms with Crippen LogP contribution >= 0.6 is 11.3 Å². The number of thiazole rings is 1. The molecule has 0 atom stereocenters. The summed E-state index contributed by atoms with van der Waals surface area (Å²) in [5, 5.41) is 13.0. The first-order valence-electron chi connectivity index (χ1n) is 6.97. The molecule has 2 aromatic carbocycles. The van der Waals surface area contributed by atoms with Crippen molar-refractivity contribution in [2.24, 2.45) is 0 Å². The standard InChI is InChI=1S/C17H15N3O2S/c1-10-7-8-12(13(21)9-10)19-16(22)15-14(20-17(18)23-15)11-5-3-2-4-6-11/h2-9,21H,1H3,(H2,18,20)(H,19,22). The Labute approximate surface area is 137 Å². The van der Waals surface area contributed by atoms with Crippen LogP contribution in [0.15, 0.2) is 48.5 Å². The average molecular weight is 325 g/mol. The van der Waals surface area contributed by atoms with E-state index in [4.69, 9.17) is 5.73 Å². The first kappa shape index (κ1) is 15.1. The van der Waals surface area contributed by atoms with Crippen LogP contribution in [0.5, 0.6) is 5.75 Å². The van der Waals surface area contributed by atoms with Crippen LogP contribution in [0.2, 0.25) is 0 Å². The van der Waals surface area contributed by atoms with E-state index in [2.05, 4.69) is 10.3 Å². The summed E-state index contributed by atoms with van der Waals surface area (Å²) in [5.74, 6) is -0.325. The number of phenols is 1. The van der Waals surface area contributed by atoms with Gasteiger partial charge in [-0.25, -0.2) is 4.98 Å². The predicted molar refractivity (Wildman–Crippen MR) is 92.8 cm³/mol. The number of benzene rings is 2. The molecule has 0 bridgehead atoms. The van der Waals surface area contributed by atoms with Crippen LogP contribution in [0.4, 0.5) is 10.8 Å². The van der Waals surface area contributed by atoms with E-state index in [0.717, 1.165) is 22.5 Å². The van der Waals surface area contributed by atoms with Crippen LogP contribution in [0.3, 0.4) is 0 Å². The Morgan fingerprint density at radius 3 is 2.65 bits per heavy atom. The van der Waals surface area contributed by atoms with Gasteiger partial charge in [-0.1, -0.05) is 47.7 Å². The zero-order valence-corrected chi connectivity index (χ0v) is 13.2.